The summed E-state index contributed by atoms with van der Waals surface area (Å²) in [5.74, 6) is 1.50. The Balaban J connectivity index is 1.20. The minimum absolute atomic E-state index is 0.491. The van der Waals surface area contributed by atoms with Crippen molar-refractivity contribution in [3.05, 3.63) is 228 Å². The van der Waals surface area contributed by atoms with Gasteiger partial charge in [-0.1, -0.05) is 182 Å². The molecule has 0 bridgehead atoms. The van der Waals surface area contributed by atoms with E-state index >= 15 is 0 Å². The number of fused-ring (bicyclic) bond motifs is 10. The van der Waals surface area contributed by atoms with E-state index < -0.39 is 11.7 Å². The average Bonchev–Trinajstić information content (AvgIpc) is 3.93. The van der Waals surface area contributed by atoms with Crippen LogP contribution >= 0.6 is 11.3 Å². The molecule has 2 aliphatic rings. The molecular formula is C52H34N4S. The molecule has 1 aliphatic carbocycles. The standard InChI is InChI=1S/C52H34N4S/c1-4-16-33(17-5-1)49-53-50(34-18-6-2-7-19-34)55-51(54-49)56-45-32-36(28-29-39(45)41-30-31-42-40-24-12-15-27-46(40)57-48(42)47(41)56)52(35-20-8-3-9-21-35)43-25-13-10-22-37(43)38-23-11-14-26-44(38)52/h1-32,51H,(H,53,54,55). The quantitative estimate of drug-likeness (QED) is 0.187. The van der Waals surface area contributed by atoms with Crippen molar-refractivity contribution in [1.82, 2.24) is 9.88 Å². The van der Waals surface area contributed by atoms with Crippen LogP contribution in [0.1, 0.15) is 39.7 Å². The largest absolute Gasteiger partial charge is 0.331 e. The lowest BCUT2D eigenvalue weighted by Gasteiger charge is -2.34. The zero-order chi connectivity index (χ0) is 37.5. The van der Waals surface area contributed by atoms with E-state index in [1.54, 1.807) is 0 Å². The summed E-state index contributed by atoms with van der Waals surface area (Å²) in [4.78, 5) is 10.7. The van der Waals surface area contributed by atoms with Gasteiger partial charge in [0.25, 0.3) is 0 Å². The molecule has 12 rings (SSSR count). The van der Waals surface area contributed by atoms with Gasteiger partial charge in [-0.25, -0.2) is 9.98 Å². The van der Waals surface area contributed by atoms with E-state index in [-0.39, 0.29) is 0 Å². The lowest BCUT2D eigenvalue weighted by molar-refractivity contribution is 0.516. The van der Waals surface area contributed by atoms with Crippen molar-refractivity contribution in [2.24, 2.45) is 9.98 Å². The van der Waals surface area contributed by atoms with Crippen LogP contribution in [-0.2, 0) is 5.41 Å². The molecular weight excluding hydrogens is 713 g/mol. The Morgan fingerprint density at radius 1 is 0.509 bits per heavy atom. The second-order valence-corrected chi connectivity index (χ2v) is 16.0. The van der Waals surface area contributed by atoms with Gasteiger partial charge in [0, 0.05) is 37.4 Å². The highest BCUT2D eigenvalue weighted by atomic mass is 32.1. The number of rotatable bonds is 5. The van der Waals surface area contributed by atoms with Crippen LogP contribution in [0.3, 0.4) is 0 Å². The SMILES string of the molecule is c1ccc(C2=NC(n3c4cc(C5(c6ccccc6)c6ccccc6-c6ccccc65)ccc4c4ccc5c6ccccc6sc5c43)NC(c3ccccc3)=N2)cc1. The number of hydrogen-bond donors (Lipinski definition) is 1. The van der Waals surface area contributed by atoms with Gasteiger partial charge in [0.1, 0.15) is 5.84 Å². The van der Waals surface area contributed by atoms with Crippen molar-refractivity contribution in [3.63, 3.8) is 0 Å². The third-order valence-corrected chi connectivity index (χ3v) is 13.1. The molecule has 268 valence electrons. The number of aliphatic imine (C=N–C) groups is 2. The summed E-state index contributed by atoms with van der Waals surface area (Å²) < 4.78 is 4.98. The molecule has 8 aromatic carbocycles. The van der Waals surface area contributed by atoms with Crippen molar-refractivity contribution < 1.29 is 0 Å². The van der Waals surface area contributed by atoms with Crippen LogP contribution in [0.5, 0.6) is 0 Å². The van der Waals surface area contributed by atoms with Crippen molar-refractivity contribution >= 4 is 65.0 Å². The second kappa shape index (κ2) is 12.5. The van der Waals surface area contributed by atoms with Gasteiger partial charge in [-0.05, 0) is 45.5 Å². The Morgan fingerprint density at radius 3 is 1.84 bits per heavy atom. The molecule has 0 saturated carbocycles. The summed E-state index contributed by atoms with van der Waals surface area (Å²) in [7, 11) is 0. The molecule has 10 aromatic rings. The smallest absolute Gasteiger partial charge is 0.204 e. The number of benzene rings is 8. The Hall–Kier alpha value is -7.08. The highest BCUT2D eigenvalue weighted by Crippen LogP contribution is 2.56. The van der Waals surface area contributed by atoms with Crippen LogP contribution < -0.4 is 5.32 Å². The summed E-state index contributed by atoms with van der Waals surface area (Å²) in [6.07, 6.45) is -0.491. The van der Waals surface area contributed by atoms with E-state index in [1.165, 1.54) is 69.8 Å². The fraction of sp³-hybridized carbons (Fsp3) is 0.0385. The van der Waals surface area contributed by atoms with Crippen molar-refractivity contribution in [3.8, 4) is 11.1 Å². The zero-order valence-electron chi connectivity index (χ0n) is 30.8. The Morgan fingerprint density at radius 2 is 1.11 bits per heavy atom. The van der Waals surface area contributed by atoms with Gasteiger partial charge in [0.05, 0.1) is 21.1 Å². The second-order valence-electron chi connectivity index (χ2n) is 14.9. The third kappa shape index (κ3) is 4.67. The van der Waals surface area contributed by atoms with Gasteiger partial charge < -0.3 is 5.32 Å². The molecule has 1 aliphatic heterocycles. The summed E-state index contributed by atoms with van der Waals surface area (Å²) in [5.41, 5.74) is 11.4. The predicted molar refractivity (Wildman–Crippen MR) is 238 cm³/mol. The van der Waals surface area contributed by atoms with Gasteiger partial charge >= 0.3 is 0 Å². The van der Waals surface area contributed by atoms with Gasteiger partial charge in [0.2, 0.25) is 6.29 Å². The molecule has 0 spiro atoms. The molecule has 1 unspecified atom stereocenters. The Bertz CT molecular complexity index is 3220. The number of hydrogen-bond acceptors (Lipinski definition) is 4. The molecule has 0 amide bonds. The van der Waals surface area contributed by atoms with Crippen molar-refractivity contribution in [2.75, 3.05) is 0 Å². The van der Waals surface area contributed by atoms with E-state index in [4.69, 9.17) is 9.98 Å². The van der Waals surface area contributed by atoms with Crippen LogP contribution in [0.25, 0.3) is 53.1 Å². The molecule has 0 fully saturated rings. The van der Waals surface area contributed by atoms with Gasteiger partial charge in [-0.2, -0.15) is 0 Å². The summed E-state index contributed by atoms with van der Waals surface area (Å²) in [5, 5.41) is 8.78. The number of aromatic nitrogens is 1. The maximum Gasteiger partial charge on any atom is 0.204 e. The summed E-state index contributed by atoms with van der Waals surface area (Å²) in [6, 6.07) is 70.3. The molecule has 1 N–H and O–H groups in total. The maximum absolute atomic E-state index is 5.49. The number of nitrogens with zero attached hydrogens (tertiary/aromatic N) is 3. The first-order chi connectivity index (χ1) is 28.3. The first kappa shape index (κ1) is 32.2. The third-order valence-electron chi connectivity index (χ3n) is 12.0. The van der Waals surface area contributed by atoms with Crippen LogP contribution in [-0.4, -0.2) is 16.2 Å². The topological polar surface area (TPSA) is 41.7 Å². The fourth-order valence-corrected chi connectivity index (χ4v) is 10.8. The van der Waals surface area contributed by atoms with Crippen molar-refractivity contribution in [1.29, 1.82) is 0 Å². The highest BCUT2D eigenvalue weighted by molar-refractivity contribution is 7.26. The molecule has 4 nitrogen and oxygen atoms in total. The summed E-state index contributed by atoms with van der Waals surface area (Å²) >= 11 is 1.86. The Labute approximate surface area is 333 Å². The molecule has 5 heteroatoms. The van der Waals surface area contributed by atoms with Gasteiger partial charge in [-0.3, -0.25) is 4.57 Å². The first-order valence-electron chi connectivity index (χ1n) is 19.4. The fourth-order valence-electron chi connectivity index (χ4n) is 9.54. The highest BCUT2D eigenvalue weighted by Gasteiger charge is 2.46. The zero-order valence-corrected chi connectivity index (χ0v) is 31.6. The first-order valence-corrected chi connectivity index (χ1v) is 20.3. The molecule has 57 heavy (non-hydrogen) atoms. The Kier molecular flexibility index (Phi) is 7.04. The lowest BCUT2D eigenvalue weighted by atomic mass is 9.67. The number of amidine groups is 2. The van der Waals surface area contributed by atoms with Crippen molar-refractivity contribution in [2.45, 2.75) is 11.7 Å². The molecule has 3 heterocycles. The van der Waals surface area contributed by atoms with E-state index in [9.17, 15) is 0 Å². The predicted octanol–water partition coefficient (Wildman–Crippen LogP) is 12.5. The molecule has 0 saturated heterocycles. The number of thiophene rings is 1. The minimum atomic E-state index is -0.536. The summed E-state index contributed by atoms with van der Waals surface area (Å²) in [6.45, 7) is 0. The van der Waals surface area contributed by atoms with Crippen LogP contribution in [0, 0.1) is 0 Å². The lowest BCUT2D eigenvalue weighted by Crippen LogP contribution is -2.36. The molecule has 1 atom stereocenters. The molecule has 2 aromatic heterocycles. The maximum atomic E-state index is 5.49. The normalized spacial score (nSPS) is 15.7. The van der Waals surface area contributed by atoms with Crippen LogP contribution in [0.4, 0.5) is 0 Å². The van der Waals surface area contributed by atoms with Gasteiger partial charge in [0.15, 0.2) is 5.84 Å². The van der Waals surface area contributed by atoms with Gasteiger partial charge in [-0.15, -0.1) is 11.3 Å². The minimum Gasteiger partial charge on any atom is -0.331 e. The van der Waals surface area contributed by atoms with Crippen LogP contribution in [0.15, 0.2) is 204 Å². The van der Waals surface area contributed by atoms with E-state index in [2.05, 4.69) is 192 Å². The van der Waals surface area contributed by atoms with E-state index in [1.807, 2.05) is 23.5 Å². The average molecular weight is 747 g/mol. The van der Waals surface area contributed by atoms with E-state index in [0.29, 0.717) is 5.84 Å². The van der Waals surface area contributed by atoms with Crippen LogP contribution in [0.2, 0.25) is 0 Å². The van der Waals surface area contributed by atoms with E-state index in [0.717, 1.165) is 22.5 Å². The molecule has 0 radical (unpaired) electrons. The number of nitrogens with one attached hydrogen (secondary N) is 1. The monoisotopic (exact) mass is 746 g/mol.